The van der Waals surface area contributed by atoms with Crippen molar-refractivity contribution < 1.29 is 4.92 Å². The van der Waals surface area contributed by atoms with E-state index in [2.05, 4.69) is 5.10 Å². The number of rotatable bonds is 5. The van der Waals surface area contributed by atoms with Crippen LogP contribution in [0.1, 0.15) is 44.6 Å². The van der Waals surface area contributed by atoms with Crippen molar-refractivity contribution in [1.29, 1.82) is 0 Å². The minimum absolute atomic E-state index is 0.0673. The summed E-state index contributed by atoms with van der Waals surface area (Å²) < 4.78 is 1.71. The molecule has 0 aliphatic carbocycles. The molecule has 0 amide bonds. The van der Waals surface area contributed by atoms with Crippen LogP contribution in [0.4, 0.5) is 5.69 Å². The molecule has 0 saturated carbocycles. The van der Waals surface area contributed by atoms with Crippen molar-refractivity contribution in [3.63, 3.8) is 0 Å². The minimum Gasteiger partial charge on any atom is -0.327 e. The first-order chi connectivity index (χ1) is 7.88. The molecule has 1 rings (SSSR count). The van der Waals surface area contributed by atoms with Gasteiger partial charge in [-0.05, 0) is 27.2 Å². The van der Waals surface area contributed by atoms with Crippen LogP contribution in [0.2, 0.25) is 0 Å². The van der Waals surface area contributed by atoms with E-state index in [1.807, 2.05) is 20.8 Å². The van der Waals surface area contributed by atoms with Crippen molar-refractivity contribution in [3.8, 4) is 0 Å². The Kier molecular flexibility index (Phi) is 4.22. The maximum atomic E-state index is 11.1. The van der Waals surface area contributed by atoms with Gasteiger partial charge in [-0.2, -0.15) is 5.10 Å². The first kappa shape index (κ1) is 13.6. The molecule has 1 heterocycles. The molecule has 1 atom stereocenters. The third-order valence-corrected chi connectivity index (χ3v) is 2.80. The van der Waals surface area contributed by atoms with Crippen LogP contribution >= 0.6 is 0 Å². The summed E-state index contributed by atoms with van der Waals surface area (Å²) in [6, 6.07) is 0.0313. The molecule has 0 aliphatic rings. The summed E-state index contributed by atoms with van der Waals surface area (Å²) in [7, 11) is 0. The highest BCUT2D eigenvalue weighted by Gasteiger charge is 2.26. The first-order valence-corrected chi connectivity index (χ1v) is 5.86. The molecule has 0 bridgehead atoms. The summed E-state index contributed by atoms with van der Waals surface area (Å²) in [6.07, 6.45) is 1.28. The highest BCUT2D eigenvalue weighted by molar-refractivity contribution is 5.41. The van der Waals surface area contributed by atoms with E-state index < -0.39 is 0 Å². The van der Waals surface area contributed by atoms with Crippen molar-refractivity contribution in [1.82, 2.24) is 9.78 Å². The lowest BCUT2D eigenvalue weighted by Gasteiger charge is -2.13. The number of nitrogens with two attached hydrogens (primary N) is 1. The second-order valence-electron chi connectivity index (χ2n) is 4.55. The van der Waals surface area contributed by atoms with Gasteiger partial charge in [0.05, 0.1) is 4.92 Å². The Hall–Kier alpha value is -1.43. The Morgan fingerprint density at radius 2 is 2.12 bits per heavy atom. The van der Waals surface area contributed by atoms with Crippen LogP contribution in [0.15, 0.2) is 0 Å². The van der Waals surface area contributed by atoms with Gasteiger partial charge in [-0.15, -0.1) is 0 Å². The maximum Gasteiger partial charge on any atom is 0.313 e. The van der Waals surface area contributed by atoms with Gasteiger partial charge in [0.15, 0.2) is 0 Å². The van der Waals surface area contributed by atoms with Gasteiger partial charge in [0, 0.05) is 18.5 Å². The van der Waals surface area contributed by atoms with E-state index >= 15 is 0 Å². The molecule has 1 aromatic rings. The van der Waals surface area contributed by atoms with Gasteiger partial charge >= 0.3 is 5.69 Å². The third-order valence-electron chi connectivity index (χ3n) is 2.80. The van der Waals surface area contributed by atoms with E-state index in [0.29, 0.717) is 17.8 Å². The molecule has 96 valence electrons. The van der Waals surface area contributed by atoms with E-state index in [0.717, 1.165) is 6.42 Å². The van der Waals surface area contributed by atoms with Gasteiger partial charge in [0.2, 0.25) is 0 Å². The highest BCUT2D eigenvalue weighted by Crippen LogP contribution is 2.26. The lowest BCUT2D eigenvalue weighted by molar-refractivity contribution is -0.386. The third kappa shape index (κ3) is 2.82. The number of hydrogen-bond acceptors (Lipinski definition) is 4. The van der Waals surface area contributed by atoms with E-state index in [4.69, 9.17) is 5.73 Å². The SMILES string of the molecule is CCC(N)Cc1c([N+](=O)[O-])c(C)nn1C(C)C. The van der Waals surface area contributed by atoms with Gasteiger partial charge in [-0.25, -0.2) is 0 Å². The summed E-state index contributed by atoms with van der Waals surface area (Å²) in [5.41, 5.74) is 7.10. The molecule has 0 aromatic carbocycles. The van der Waals surface area contributed by atoms with Crippen molar-refractivity contribution in [2.24, 2.45) is 5.73 Å². The quantitative estimate of drug-likeness (QED) is 0.629. The standard InChI is InChI=1S/C11H20N4O2/c1-5-9(12)6-10-11(15(16)17)8(4)13-14(10)7(2)3/h7,9H,5-6,12H2,1-4H3. The second-order valence-corrected chi connectivity index (χ2v) is 4.55. The summed E-state index contributed by atoms with van der Waals surface area (Å²) in [6.45, 7) is 7.55. The molecule has 0 fully saturated rings. The summed E-state index contributed by atoms with van der Waals surface area (Å²) >= 11 is 0. The molecule has 0 radical (unpaired) electrons. The topological polar surface area (TPSA) is 87.0 Å². The fourth-order valence-electron chi connectivity index (χ4n) is 1.83. The molecular formula is C11H20N4O2. The number of aromatic nitrogens is 2. The number of aryl methyl sites for hydroxylation is 1. The van der Waals surface area contributed by atoms with Gasteiger partial charge in [-0.1, -0.05) is 6.92 Å². The van der Waals surface area contributed by atoms with Crippen LogP contribution in [0.5, 0.6) is 0 Å². The first-order valence-electron chi connectivity index (χ1n) is 5.86. The zero-order valence-corrected chi connectivity index (χ0v) is 10.8. The molecule has 1 aromatic heterocycles. The predicted octanol–water partition coefficient (Wildman–Crippen LogP) is 1.96. The fourth-order valence-corrected chi connectivity index (χ4v) is 1.83. The molecule has 6 nitrogen and oxygen atoms in total. The van der Waals surface area contributed by atoms with Gasteiger partial charge in [0.1, 0.15) is 11.4 Å². The highest BCUT2D eigenvalue weighted by atomic mass is 16.6. The van der Waals surface area contributed by atoms with Crippen LogP contribution in [-0.4, -0.2) is 20.7 Å². The van der Waals surface area contributed by atoms with Crippen molar-refractivity contribution in [2.45, 2.75) is 52.6 Å². The van der Waals surface area contributed by atoms with E-state index in [-0.39, 0.29) is 22.7 Å². The Morgan fingerprint density at radius 1 is 1.53 bits per heavy atom. The normalized spacial score (nSPS) is 13.1. The lowest BCUT2D eigenvalue weighted by atomic mass is 10.1. The van der Waals surface area contributed by atoms with Crippen LogP contribution < -0.4 is 5.73 Å². The number of nitro groups is 1. The van der Waals surface area contributed by atoms with Crippen molar-refractivity contribution >= 4 is 5.69 Å². The van der Waals surface area contributed by atoms with Gasteiger partial charge in [-0.3, -0.25) is 14.8 Å². The number of nitrogens with zero attached hydrogens (tertiary/aromatic N) is 3. The van der Waals surface area contributed by atoms with Crippen molar-refractivity contribution in [2.75, 3.05) is 0 Å². The summed E-state index contributed by atoms with van der Waals surface area (Å²) in [5, 5.41) is 15.3. The molecule has 6 heteroatoms. The molecule has 0 spiro atoms. The van der Waals surface area contributed by atoms with E-state index in [1.54, 1.807) is 11.6 Å². The smallest absolute Gasteiger partial charge is 0.313 e. The van der Waals surface area contributed by atoms with E-state index in [1.165, 1.54) is 0 Å². The van der Waals surface area contributed by atoms with Gasteiger partial charge in [0.25, 0.3) is 0 Å². The molecule has 0 aliphatic heterocycles. The maximum absolute atomic E-state index is 11.1. The Bertz CT molecular complexity index is 412. The zero-order valence-electron chi connectivity index (χ0n) is 10.8. The Morgan fingerprint density at radius 3 is 2.53 bits per heavy atom. The van der Waals surface area contributed by atoms with Crippen LogP contribution in [0, 0.1) is 17.0 Å². The lowest BCUT2D eigenvalue weighted by Crippen LogP contribution is -2.24. The van der Waals surface area contributed by atoms with Crippen molar-refractivity contribution in [3.05, 3.63) is 21.5 Å². The Balaban J connectivity index is 3.25. The zero-order chi connectivity index (χ0) is 13.2. The largest absolute Gasteiger partial charge is 0.327 e. The Labute approximate surface area is 101 Å². The predicted molar refractivity (Wildman–Crippen MR) is 66.0 cm³/mol. The average molecular weight is 240 g/mol. The average Bonchev–Trinajstić information content (AvgIpc) is 2.55. The fraction of sp³-hybridized carbons (Fsp3) is 0.727. The molecule has 17 heavy (non-hydrogen) atoms. The monoisotopic (exact) mass is 240 g/mol. The van der Waals surface area contributed by atoms with Crippen LogP contribution in [-0.2, 0) is 6.42 Å². The molecule has 0 saturated heterocycles. The molecule has 1 unspecified atom stereocenters. The van der Waals surface area contributed by atoms with Crippen LogP contribution in [0.25, 0.3) is 0 Å². The second kappa shape index (κ2) is 5.27. The van der Waals surface area contributed by atoms with Crippen LogP contribution in [0.3, 0.4) is 0 Å². The minimum atomic E-state index is -0.362. The molecular weight excluding hydrogens is 220 g/mol. The summed E-state index contributed by atoms with van der Waals surface area (Å²) in [5.74, 6) is 0. The molecule has 2 N–H and O–H groups in total. The van der Waals surface area contributed by atoms with Gasteiger partial charge < -0.3 is 5.73 Å². The van der Waals surface area contributed by atoms with E-state index in [9.17, 15) is 10.1 Å². The number of hydrogen-bond donors (Lipinski definition) is 1. The summed E-state index contributed by atoms with van der Waals surface area (Å²) in [4.78, 5) is 10.7.